The average molecular weight is 210 g/mol. The molecule has 0 amide bonds. The Morgan fingerprint density at radius 2 is 2.19 bits per heavy atom. The second-order valence-electron chi connectivity index (χ2n) is 4.23. The molecule has 2 heteroatoms. The molecular formula is C14H14N2. The first-order chi connectivity index (χ1) is 7.88. The standard InChI is InChI=1S/C14H14N2/c15-9-12-6-3-5-11-8-10-4-1-2-7-13(10)16-14(11)12/h1-5,7-8,12H,6,9,15H2. The van der Waals surface area contributed by atoms with Gasteiger partial charge in [0.2, 0.25) is 0 Å². The number of aromatic nitrogens is 1. The number of pyridine rings is 1. The van der Waals surface area contributed by atoms with Gasteiger partial charge in [-0.05, 0) is 24.1 Å². The van der Waals surface area contributed by atoms with Gasteiger partial charge in [0.05, 0.1) is 11.2 Å². The van der Waals surface area contributed by atoms with E-state index >= 15 is 0 Å². The summed E-state index contributed by atoms with van der Waals surface area (Å²) in [7, 11) is 0. The van der Waals surface area contributed by atoms with Gasteiger partial charge in [0, 0.05) is 17.8 Å². The summed E-state index contributed by atoms with van der Waals surface area (Å²) in [6.07, 6.45) is 5.35. The number of para-hydroxylation sites is 1. The first-order valence-electron chi connectivity index (χ1n) is 5.65. The van der Waals surface area contributed by atoms with E-state index in [9.17, 15) is 0 Å². The largest absolute Gasteiger partial charge is 0.330 e. The molecular weight excluding hydrogens is 196 g/mol. The molecule has 0 radical (unpaired) electrons. The van der Waals surface area contributed by atoms with Crippen LogP contribution in [0.3, 0.4) is 0 Å². The van der Waals surface area contributed by atoms with E-state index in [1.54, 1.807) is 0 Å². The quantitative estimate of drug-likeness (QED) is 0.786. The van der Waals surface area contributed by atoms with Crippen molar-refractivity contribution in [2.24, 2.45) is 5.73 Å². The number of allylic oxidation sites excluding steroid dienone is 1. The van der Waals surface area contributed by atoms with E-state index in [-0.39, 0.29) is 0 Å². The van der Waals surface area contributed by atoms with Crippen LogP contribution in [0.1, 0.15) is 23.6 Å². The Morgan fingerprint density at radius 3 is 3.06 bits per heavy atom. The van der Waals surface area contributed by atoms with Crippen molar-refractivity contribution in [3.05, 3.63) is 47.7 Å². The van der Waals surface area contributed by atoms with Crippen molar-refractivity contribution in [3.8, 4) is 0 Å². The van der Waals surface area contributed by atoms with E-state index in [2.05, 4.69) is 30.4 Å². The lowest BCUT2D eigenvalue weighted by Gasteiger charge is -2.19. The van der Waals surface area contributed by atoms with Crippen molar-refractivity contribution in [2.75, 3.05) is 6.54 Å². The molecule has 0 saturated heterocycles. The van der Waals surface area contributed by atoms with Gasteiger partial charge in [0.15, 0.2) is 0 Å². The van der Waals surface area contributed by atoms with Gasteiger partial charge in [-0.25, -0.2) is 0 Å². The van der Waals surface area contributed by atoms with Crippen LogP contribution in [0, 0.1) is 0 Å². The second kappa shape index (κ2) is 3.72. The van der Waals surface area contributed by atoms with Gasteiger partial charge in [-0.3, -0.25) is 4.98 Å². The zero-order valence-corrected chi connectivity index (χ0v) is 9.06. The summed E-state index contributed by atoms with van der Waals surface area (Å²) < 4.78 is 0. The van der Waals surface area contributed by atoms with Gasteiger partial charge in [0.25, 0.3) is 0 Å². The van der Waals surface area contributed by atoms with Crippen LogP contribution < -0.4 is 5.73 Å². The first-order valence-corrected chi connectivity index (χ1v) is 5.65. The molecule has 1 atom stereocenters. The van der Waals surface area contributed by atoms with Crippen molar-refractivity contribution in [1.82, 2.24) is 4.98 Å². The molecule has 0 bridgehead atoms. The summed E-state index contributed by atoms with van der Waals surface area (Å²) >= 11 is 0. The van der Waals surface area contributed by atoms with Crippen LogP contribution in [0.5, 0.6) is 0 Å². The lowest BCUT2D eigenvalue weighted by atomic mass is 9.91. The van der Waals surface area contributed by atoms with Crippen LogP contribution in [0.2, 0.25) is 0 Å². The fourth-order valence-corrected chi connectivity index (χ4v) is 2.29. The molecule has 3 rings (SSSR count). The molecule has 1 aromatic carbocycles. The topological polar surface area (TPSA) is 38.9 Å². The normalized spacial score (nSPS) is 18.7. The third-order valence-corrected chi connectivity index (χ3v) is 3.17. The van der Waals surface area contributed by atoms with E-state index in [1.165, 1.54) is 10.9 Å². The van der Waals surface area contributed by atoms with Crippen molar-refractivity contribution < 1.29 is 0 Å². The molecule has 80 valence electrons. The van der Waals surface area contributed by atoms with Crippen LogP contribution in [-0.2, 0) is 0 Å². The lowest BCUT2D eigenvalue weighted by molar-refractivity contribution is 0.683. The molecule has 16 heavy (non-hydrogen) atoms. The number of hydrogen-bond acceptors (Lipinski definition) is 2. The van der Waals surface area contributed by atoms with E-state index < -0.39 is 0 Å². The average Bonchev–Trinajstić information content (AvgIpc) is 2.35. The molecule has 1 aromatic heterocycles. The minimum Gasteiger partial charge on any atom is -0.330 e. The fourth-order valence-electron chi connectivity index (χ4n) is 2.29. The molecule has 0 saturated carbocycles. The number of nitrogens with zero attached hydrogens (tertiary/aromatic N) is 1. The molecule has 1 aliphatic rings. The van der Waals surface area contributed by atoms with Gasteiger partial charge >= 0.3 is 0 Å². The molecule has 2 nitrogen and oxygen atoms in total. The zero-order valence-electron chi connectivity index (χ0n) is 9.06. The fraction of sp³-hybridized carbons (Fsp3) is 0.214. The molecule has 1 unspecified atom stereocenters. The highest BCUT2D eigenvalue weighted by molar-refractivity contribution is 5.82. The Labute approximate surface area is 94.8 Å². The minimum atomic E-state index is 0.379. The molecule has 0 aliphatic heterocycles. The Bertz CT molecular complexity index is 558. The Kier molecular flexibility index (Phi) is 2.22. The first kappa shape index (κ1) is 9.55. The Morgan fingerprint density at radius 1 is 1.31 bits per heavy atom. The maximum atomic E-state index is 5.79. The van der Waals surface area contributed by atoms with Crippen LogP contribution in [0.15, 0.2) is 36.4 Å². The highest BCUT2D eigenvalue weighted by atomic mass is 14.7. The number of rotatable bonds is 1. The van der Waals surface area contributed by atoms with E-state index in [0.717, 1.165) is 17.6 Å². The summed E-state index contributed by atoms with van der Waals surface area (Å²) in [5.41, 5.74) is 9.23. The summed E-state index contributed by atoms with van der Waals surface area (Å²) in [6.45, 7) is 0.669. The Hall–Kier alpha value is -1.67. The van der Waals surface area contributed by atoms with Gasteiger partial charge in [-0.1, -0.05) is 30.4 Å². The monoisotopic (exact) mass is 210 g/mol. The van der Waals surface area contributed by atoms with E-state index in [1.807, 2.05) is 12.1 Å². The SMILES string of the molecule is NCC1CC=Cc2cc3ccccc3nc21. The Balaban J connectivity index is 2.26. The molecule has 1 aliphatic carbocycles. The lowest BCUT2D eigenvalue weighted by Crippen LogP contribution is -2.16. The molecule has 2 N–H and O–H groups in total. The summed E-state index contributed by atoms with van der Waals surface area (Å²) in [6, 6.07) is 10.4. The third-order valence-electron chi connectivity index (χ3n) is 3.17. The van der Waals surface area contributed by atoms with Crippen molar-refractivity contribution in [2.45, 2.75) is 12.3 Å². The summed E-state index contributed by atoms with van der Waals surface area (Å²) in [5, 5.41) is 1.20. The number of hydrogen-bond donors (Lipinski definition) is 1. The van der Waals surface area contributed by atoms with Gasteiger partial charge < -0.3 is 5.73 Å². The summed E-state index contributed by atoms with van der Waals surface area (Å²) in [5.74, 6) is 0.379. The van der Waals surface area contributed by atoms with Crippen LogP contribution >= 0.6 is 0 Å². The van der Waals surface area contributed by atoms with Crippen molar-refractivity contribution >= 4 is 17.0 Å². The maximum absolute atomic E-state index is 5.79. The highest BCUT2D eigenvalue weighted by Crippen LogP contribution is 2.29. The van der Waals surface area contributed by atoms with Gasteiger partial charge in [0.1, 0.15) is 0 Å². The van der Waals surface area contributed by atoms with Gasteiger partial charge in [-0.2, -0.15) is 0 Å². The number of benzene rings is 1. The molecule has 0 spiro atoms. The highest BCUT2D eigenvalue weighted by Gasteiger charge is 2.17. The van der Waals surface area contributed by atoms with E-state index in [0.29, 0.717) is 12.5 Å². The van der Waals surface area contributed by atoms with Crippen molar-refractivity contribution in [1.29, 1.82) is 0 Å². The predicted molar refractivity (Wildman–Crippen MR) is 67.2 cm³/mol. The molecule has 1 heterocycles. The molecule has 0 fully saturated rings. The summed E-state index contributed by atoms with van der Waals surface area (Å²) in [4.78, 5) is 4.74. The zero-order chi connectivity index (χ0) is 11.0. The van der Waals surface area contributed by atoms with Crippen LogP contribution in [0.25, 0.3) is 17.0 Å². The van der Waals surface area contributed by atoms with Crippen LogP contribution in [-0.4, -0.2) is 11.5 Å². The smallest absolute Gasteiger partial charge is 0.0705 e. The van der Waals surface area contributed by atoms with Crippen LogP contribution in [0.4, 0.5) is 0 Å². The second-order valence-corrected chi connectivity index (χ2v) is 4.23. The number of nitrogens with two attached hydrogens (primary N) is 1. The maximum Gasteiger partial charge on any atom is 0.0705 e. The third kappa shape index (κ3) is 1.42. The van der Waals surface area contributed by atoms with E-state index in [4.69, 9.17) is 10.7 Å². The minimum absolute atomic E-state index is 0.379. The van der Waals surface area contributed by atoms with Crippen molar-refractivity contribution in [3.63, 3.8) is 0 Å². The van der Waals surface area contributed by atoms with Gasteiger partial charge in [-0.15, -0.1) is 0 Å². The number of fused-ring (bicyclic) bond motifs is 2. The molecule has 2 aromatic rings. The predicted octanol–water partition coefficient (Wildman–Crippen LogP) is 2.69.